The molecule has 0 atom stereocenters. The lowest BCUT2D eigenvalue weighted by Gasteiger charge is -2.32. The molecule has 2 fully saturated rings. The van der Waals surface area contributed by atoms with Crippen molar-refractivity contribution in [1.82, 2.24) is 20.2 Å². The van der Waals surface area contributed by atoms with Gasteiger partial charge in [-0.05, 0) is 30.8 Å². The van der Waals surface area contributed by atoms with E-state index in [0.29, 0.717) is 9.23 Å². The van der Waals surface area contributed by atoms with Gasteiger partial charge in [-0.25, -0.2) is 9.40 Å². The van der Waals surface area contributed by atoms with Crippen LogP contribution in [-0.4, -0.2) is 70.7 Å². The lowest BCUT2D eigenvalue weighted by molar-refractivity contribution is -0.127. The molecule has 2 amide bonds. The number of halogens is 1. The molecule has 2 aliphatic heterocycles. The fraction of sp³-hybridized carbons (Fsp3) is 0.389. The monoisotopic (exact) mass is 408 g/mol. The summed E-state index contributed by atoms with van der Waals surface area (Å²) in [7, 11) is 2.05. The molecule has 0 saturated carbocycles. The minimum absolute atomic E-state index is 0.129. The third-order valence-electron chi connectivity index (χ3n) is 4.39. The molecule has 144 valence electrons. The second kappa shape index (κ2) is 8.92. The van der Waals surface area contributed by atoms with E-state index in [1.807, 2.05) is 12.1 Å². The Morgan fingerprint density at radius 1 is 1.26 bits per heavy atom. The molecule has 0 radical (unpaired) electrons. The molecule has 0 spiro atoms. The number of nitrogens with zero attached hydrogens (tertiary/aromatic N) is 3. The number of carbonyl (C=O) groups is 2. The van der Waals surface area contributed by atoms with E-state index in [1.165, 1.54) is 28.8 Å². The summed E-state index contributed by atoms with van der Waals surface area (Å²) in [5, 5.41) is 1.90. The first kappa shape index (κ1) is 19.9. The molecule has 2 heterocycles. The average Bonchev–Trinajstić information content (AvgIpc) is 2.90. The summed E-state index contributed by atoms with van der Waals surface area (Å²) in [5.74, 6) is -0.677. The maximum atomic E-state index is 13.0. The Morgan fingerprint density at radius 2 is 1.93 bits per heavy atom. The van der Waals surface area contributed by atoms with Gasteiger partial charge >= 0.3 is 0 Å². The molecule has 3 rings (SSSR count). The Kier molecular flexibility index (Phi) is 6.59. The van der Waals surface area contributed by atoms with Gasteiger partial charge in [-0.15, -0.1) is 0 Å². The van der Waals surface area contributed by atoms with E-state index in [-0.39, 0.29) is 30.6 Å². The summed E-state index contributed by atoms with van der Waals surface area (Å²) < 4.78 is 13.4. The standard InChI is InChI=1S/C18H21FN4O2S2/c1-21-8-10-22(11-9-21)20-16(24)6-7-23-17(25)15(27-18(23)26)12-13-2-4-14(19)5-3-13/h2-5,12H,6-11H2,1H3,(H,20,24). The SMILES string of the molecule is CN1CCN(NC(=O)CCN2C(=O)C(=Cc3ccc(F)cc3)SC2=S)CC1. The fourth-order valence-electron chi connectivity index (χ4n) is 2.77. The van der Waals surface area contributed by atoms with Crippen LogP contribution in [0, 0.1) is 5.82 Å². The number of likely N-dealkylation sites (N-methyl/N-ethyl adjacent to an activating group) is 1. The van der Waals surface area contributed by atoms with Gasteiger partial charge in [-0.3, -0.25) is 19.9 Å². The Labute approximate surface area is 167 Å². The number of hydrazine groups is 1. The van der Waals surface area contributed by atoms with Gasteiger partial charge in [0.2, 0.25) is 5.91 Å². The van der Waals surface area contributed by atoms with Crippen LogP contribution in [0.25, 0.3) is 6.08 Å². The molecule has 0 bridgehead atoms. The highest BCUT2D eigenvalue weighted by atomic mass is 32.2. The number of carbonyl (C=O) groups excluding carboxylic acids is 2. The van der Waals surface area contributed by atoms with Gasteiger partial charge < -0.3 is 4.90 Å². The van der Waals surface area contributed by atoms with E-state index in [9.17, 15) is 14.0 Å². The summed E-state index contributed by atoms with van der Waals surface area (Å²) in [6.07, 6.45) is 1.87. The van der Waals surface area contributed by atoms with Crippen molar-refractivity contribution in [3.05, 3.63) is 40.6 Å². The highest BCUT2D eigenvalue weighted by molar-refractivity contribution is 8.26. The first-order valence-electron chi connectivity index (χ1n) is 8.66. The predicted molar refractivity (Wildman–Crippen MR) is 108 cm³/mol. The van der Waals surface area contributed by atoms with Gasteiger partial charge in [0.1, 0.15) is 10.1 Å². The minimum Gasteiger partial charge on any atom is -0.304 e. The molecule has 0 aliphatic carbocycles. The van der Waals surface area contributed by atoms with Crippen LogP contribution >= 0.6 is 24.0 Å². The van der Waals surface area contributed by atoms with Crippen LogP contribution < -0.4 is 5.43 Å². The van der Waals surface area contributed by atoms with Crippen molar-refractivity contribution in [3.63, 3.8) is 0 Å². The van der Waals surface area contributed by atoms with Crippen LogP contribution in [0.3, 0.4) is 0 Å². The predicted octanol–water partition coefficient (Wildman–Crippen LogP) is 1.70. The van der Waals surface area contributed by atoms with Gasteiger partial charge in [0.15, 0.2) is 0 Å². The second-order valence-electron chi connectivity index (χ2n) is 6.46. The van der Waals surface area contributed by atoms with Crippen molar-refractivity contribution >= 4 is 46.2 Å². The zero-order chi connectivity index (χ0) is 19.4. The van der Waals surface area contributed by atoms with Gasteiger partial charge in [0, 0.05) is 39.1 Å². The molecule has 0 unspecified atom stereocenters. The molecule has 2 saturated heterocycles. The summed E-state index contributed by atoms with van der Waals surface area (Å²) in [6.45, 7) is 3.62. The minimum atomic E-state index is -0.328. The van der Waals surface area contributed by atoms with E-state index in [1.54, 1.807) is 18.2 Å². The lowest BCUT2D eigenvalue weighted by Crippen LogP contribution is -2.52. The van der Waals surface area contributed by atoms with Gasteiger partial charge in [-0.1, -0.05) is 36.1 Å². The van der Waals surface area contributed by atoms with Crippen LogP contribution in [0.15, 0.2) is 29.2 Å². The second-order valence-corrected chi connectivity index (χ2v) is 8.14. The zero-order valence-corrected chi connectivity index (χ0v) is 16.6. The highest BCUT2D eigenvalue weighted by Crippen LogP contribution is 2.32. The number of hydrogen-bond acceptors (Lipinski definition) is 6. The Morgan fingerprint density at radius 3 is 2.59 bits per heavy atom. The zero-order valence-electron chi connectivity index (χ0n) is 15.0. The maximum Gasteiger partial charge on any atom is 0.266 e. The maximum absolute atomic E-state index is 13.0. The molecule has 2 aliphatic rings. The lowest BCUT2D eigenvalue weighted by atomic mass is 10.2. The van der Waals surface area contributed by atoms with Gasteiger partial charge in [0.25, 0.3) is 5.91 Å². The van der Waals surface area contributed by atoms with Crippen LogP contribution in [0.4, 0.5) is 4.39 Å². The first-order chi connectivity index (χ1) is 12.9. The van der Waals surface area contributed by atoms with E-state index < -0.39 is 0 Å². The van der Waals surface area contributed by atoms with Gasteiger partial charge in [-0.2, -0.15) is 0 Å². The number of hydrogen-bond donors (Lipinski definition) is 1. The van der Waals surface area contributed by atoms with E-state index in [4.69, 9.17) is 12.2 Å². The summed E-state index contributed by atoms with van der Waals surface area (Å²) in [4.78, 5) is 28.8. The molecular formula is C18H21FN4O2S2. The molecular weight excluding hydrogens is 387 g/mol. The van der Waals surface area contributed by atoms with E-state index in [0.717, 1.165) is 31.7 Å². The largest absolute Gasteiger partial charge is 0.304 e. The molecule has 1 aromatic rings. The topological polar surface area (TPSA) is 55.9 Å². The fourth-order valence-corrected chi connectivity index (χ4v) is 4.08. The summed E-state index contributed by atoms with van der Waals surface area (Å²) in [6, 6.07) is 5.89. The van der Waals surface area contributed by atoms with Crippen molar-refractivity contribution in [2.45, 2.75) is 6.42 Å². The molecule has 6 nitrogen and oxygen atoms in total. The highest BCUT2D eigenvalue weighted by Gasteiger charge is 2.32. The number of piperazine rings is 1. The number of nitrogens with one attached hydrogen (secondary N) is 1. The third-order valence-corrected chi connectivity index (χ3v) is 5.77. The van der Waals surface area contributed by atoms with Crippen LogP contribution in [0.1, 0.15) is 12.0 Å². The number of thioether (sulfide) groups is 1. The van der Waals surface area contributed by atoms with Crippen molar-refractivity contribution < 1.29 is 14.0 Å². The van der Waals surface area contributed by atoms with E-state index in [2.05, 4.69) is 10.3 Å². The van der Waals surface area contributed by atoms with E-state index >= 15 is 0 Å². The number of amides is 2. The molecule has 0 aromatic heterocycles. The van der Waals surface area contributed by atoms with Crippen LogP contribution in [-0.2, 0) is 9.59 Å². The summed E-state index contributed by atoms with van der Waals surface area (Å²) in [5.41, 5.74) is 3.61. The Balaban J connectivity index is 1.53. The average molecular weight is 409 g/mol. The molecule has 27 heavy (non-hydrogen) atoms. The van der Waals surface area contributed by atoms with Crippen LogP contribution in [0.5, 0.6) is 0 Å². The molecule has 1 aromatic carbocycles. The normalized spacial score (nSPS) is 20.5. The smallest absolute Gasteiger partial charge is 0.266 e. The van der Waals surface area contributed by atoms with Crippen molar-refractivity contribution in [1.29, 1.82) is 0 Å². The van der Waals surface area contributed by atoms with Crippen LogP contribution in [0.2, 0.25) is 0 Å². The van der Waals surface area contributed by atoms with Crippen molar-refractivity contribution in [3.8, 4) is 0 Å². The third kappa shape index (κ3) is 5.35. The number of thiocarbonyl (C=S) groups is 1. The quantitative estimate of drug-likeness (QED) is 0.591. The Hall–Kier alpha value is -1.81. The van der Waals surface area contributed by atoms with Crippen molar-refractivity contribution in [2.24, 2.45) is 0 Å². The summed E-state index contributed by atoms with van der Waals surface area (Å²) >= 11 is 6.47. The number of rotatable bonds is 5. The molecule has 9 heteroatoms. The Bertz CT molecular complexity index is 761. The molecule has 1 N–H and O–H groups in total. The van der Waals surface area contributed by atoms with Crippen molar-refractivity contribution in [2.75, 3.05) is 39.8 Å². The van der Waals surface area contributed by atoms with Gasteiger partial charge in [0.05, 0.1) is 4.91 Å². The number of benzene rings is 1. The first-order valence-corrected chi connectivity index (χ1v) is 9.89.